The third-order valence-electron chi connectivity index (χ3n) is 3.88. The highest BCUT2D eigenvalue weighted by molar-refractivity contribution is 7.89. The minimum atomic E-state index is -3.85. The third kappa shape index (κ3) is 5.66. The molecule has 0 aliphatic heterocycles. The van der Waals surface area contributed by atoms with Crippen LogP contribution < -0.4 is 20.9 Å². The number of carbonyl (C=O) groups excluding carboxylic acids is 1. The van der Waals surface area contributed by atoms with Crippen molar-refractivity contribution < 1.29 is 13.2 Å². The van der Waals surface area contributed by atoms with E-state index in [1.54, 1.807) is 0 Å². The first-order chi connectivity index (χ1) is 12.3. The molecule has 2 rings (SSSR count). The zero-order valence-electron chi connectivity index (χ0n) is 14.0. The highest BCUT2D eigenvalue weighted by Crippen LogP contribution is 2.22. The van der Waals surface area contributed by atoms with E-state index in [4.69, 9.17) is 23.8 Å². The summed E-state index contributed by atoms with van der Waals surface area (Å²) in [6.45, 7) is 3.51. The molecule has 10 heteroatoms. The van der Waals surface area contributed by atoms with Gasteiger partial charge in [0.05, 0.1) is 5.02 Å². The van der Waals surface area contributed by atoms with Gasteiger partial charge in [0.15, 0.2) is 5.11 Å². The number of hydrazine groups is 1. The van der Waals surface area contributed by atoms with Crippen molar-refractivity contribution in [2.45, 2.75) is 36.6 Å². The first kappa shape index (κ1) is 20.6. The summed E-state index contributed by atoms with van der Waals surface area (Å²) in [5.41, 5.74) is 5.20. The van der Waals surface area contributed by atoms with Gasteiger partial charge in [0.1, 0.15) is 4.90 Å². The molecular weight excluding hydrogens is 396 g/mol. The average Bonchev–Trinajstić information content (AvgIpc) is 3.11. The molecule has 4 N–H and O–H groups in total. The van der Waals surface area contributed by atoms with Crippen LogP contribution in [-0.4, -0.2) is 32.0 Å². The smallest absolute Gasteiger partial charge is 0.269 e. The van der Waals surface area contributed by atoms with Gasteiger partial charge in [0.2, 0.25) is 10.0 Å². The second kappa shape index (κ2) is 9.31. The van der Waals surface area contributed by atoms with Gasteiger partial charge in [0, 0.05) is 18.2 Å². The molecule has 0 heterocycles. The van der Waals surface area contributed by atoms with Crippen molar-refractivity contribution >= 4 is 44.9 Å². The van der Waals surface area contributed by atoms with Crippen LogP contribution in [0.3, 0.4) is 0 Å². The normalized spacial score (nSPS) is 14.7. The number of nitrogens with one attached hydrogen (secondary N) is 4. The third-order valence-corrected chi connectivity index (χ3v) is 6.01. The molecule has 1 amide bonds. The zero-order chi connectivity index (χ0) is 19.2. The van der Waals surface area contributed by atoms with Crippen LogP contribution in [0.4, 0.5) is 0 Å². The van der Waals surface area contributed by atoms with Crippen LogP contribution in [0.25, 0.3) is 0 Å². The van der Waals surface area contributed by atoms with Crippen LogP contribution in [0.15, 0.2) is 35.7 Å². The summed E-state index contributed by atoms with van der Waals surface area (Å²) in [6.07, 6.45) is 5.82. The summed E-state index contributed by atoms with van der Waals surface area (Å²) >= 11 is 11.1. The van der Waals surface area contributed by atoms with Gasteiger partial charge in [-0.2, -0.15) is 0 Å². The highest BCUT2D eigenvalue weighted by Gasteiger charge is 2.20. The van der Waals surface area contributed by atoms with Gasteiger partial charge < -0.3 is 5.32 Å². The molecule has 1 aromatic carbocycles. The molecule has 0 saturated heterocycles. The van der Waals surface area contributed by atoms with E-state index in [2.05, 4.69) is 27.5 Å². The number of benzene rings is 1. The van der Waals surface area contributed by atoms with Crippen LogP contribution >= 0.6 is 23.8 Å². The van der Waals surface area contributed by atoms with Gasteiger partial charge >= 0.3 is 0 Å². The minimum Gasteiger partial charge on any atom is -0.359 e. The summed E-state index contributed by atoms with van der Waals surface area (Å²) in [6, 6.07) is 4.31. The molecule has 1 saturated carbocycles. The summed E-state index contributed by atoms with van der Waals surface area (Å²) < 4.78 is 26.8. The Hall–Kier alpha value is -1.68. The molecule has 1 aliphatic carbocycles. The van der Waals surface area contributed by atoms with E-state index >= 15 is 0 Å². The van der Waals surface area contributed by atoms with Crippen molar-refractivity contribution in [1.82, 2.24) is 20.9 Å². The number of thiocarbonyl (C=S) groups is 1. The van der Waals surface area contributed by atoms with E-state index in [0.717, 1.165) is 25.7 Å². The molecule has 0 bridgehead atoms. The van der Waals surface area contributed by atoms with Crippen molar-refractivity contribution in [2.75, 3.05) is 6.54 Å². The van der Waals surface area contributed by atoms with Crippen molar-refractivity contribution in [2.24, 2.45) is 0 Å². The quantitative estimate of drug-likeness (QED) is 0.321. The van der Waals surface area contributed by atoms with Crippen LogP contribution in [0, 0.1) is 0 Å². The molecule has 0 spiro atoms. The molecule has 0 atom stereocenters. The Morgan fingerprint density at radius 3 is 2.65 bits per heavy atom. The number of carbonyl (C=O) groups is 1. The second-order valence-electron chi connectivity index (χ2n) is 5.82. The maximum absolute atomic E-state index is 12.3. The van der Waals surface area contributed by atoms with Gasteiger partial charge in [0.25, 0.3) is 5.91 Å². The Bertz CT molecular complexity index is 793. The first-order valence-corrected chi connectivity index (χ1v) is 10.4. The van der Waals surface area contributed by atoms with Crippen molar-refractivity contribution in [3.05, 3.63) is 41.4 Å². The zero-order valence-corrected chi connectivity index (χ0v) is 16.4. The van der Waals surface area contributed by atoms with Gasteiger partial charge in [-0.3, -0.25) is 15.6 Å². The van der Waals surface area contributed by atoms with Gasteiger partial charge in [-0.15, -0.1) is 6.58 Å². The number of hydrogen-bond acceptors (Lipinski definition) is 4. The molecule has 0 unspecified atom stereocenters. The van der Waals surface area contributed by atoms with Crippen LogP contribution in [0.5, 0.6) is 0 Å². The number of sulfonamides is 1. The molecule has 1 fully saturated rings. The summed E-state index contributed by atoms with van der Waals surface area (Å²) in [4.78, 5) is 12.1. The lowest BCUT2D eigenvalue weighted by Gasteiger charge is -2.16. The fraction of sp³-hybridized carbons (Fsp3) is 0.375. The molecule has 26 heavy (non-hydrogen) atoms. The predicted octanol–water partition coefficient (Wildman–Crippen LogP) is 1.86. The Balaban J connectivity index is 2.01. The standard InChI is InChI=1S/C16H21ClN4O3S2/c1-2-9-18-26(23,24)14-10-11(7-8-13(14)17)15(22)20-21-16(25)19-12-5-3-4-6-12/h2,7-8,10,12,18H,1,3-6,9H2,(H,20,22)(H2,19,21,25). The highest BCUT2D eigenvalue weighted by atomic mass is 35.5. The van der Waals surface area contributed by atoms with Gasteiger partial charge in [-0.1, -0.05) is 30.5 Å². The Morgan fingerprint density at radius 1 is 1.31 bits per heavy atom. The fourth-order valence-corrected chi connectivity index (χ4v) is 4.31. The molecule has 1 aromatic rings. The van der Waals surface area contributed by atoms with E-state index < -0.39 is 15.9 Å². The molecule has 1 aliphatic rings. The average molecular weight is 417 g/mol. The number of hydrogen-bond donors (Lipinski definition) is 4. The van der Waals surface area contributed by atoms with Gasteiger partial charge in [-0.25, -0.2) is 13.1 Å². The molecule has 142 valence electrons. The Labute approximate surface area is 163 Å². The maximum Gasteiger partial charge on any atom is 0.269 e. The number of rotatable bonds is 6. The van der Waals surface area contributed by atoms with E-state index in [9.17, 15) is 13.2 Å². The van der Waals surface area contributed by atoms with Crippen molar-refractivity contribution in [3.63, 3.8) is 0 Å². The van der Waals surface area contributed by atoms with Crippen LogP contribution in [-0.2, 0) is 10.0 Å². The largest absolute Gasteiger partial charge is 0.359 e. The van der Waals surface area contributed by atoms with Crippen LogP contribution in [0.2, 0.25) is 5.02 Å². The molecule has 0 radical (unpaired) electrons. The lowest BCUT2D eigenvalue weighted by atomic mass is 10.2. The fourth-order valence-electron chi connectivity index (χ4n) is 2.57. The number of halogens is 1. The van der Waals surface area contributed by atoms with E-state index in [1.807, 2.05) is 0 Å². The van der Waals surface area contributed by atoms with Gasteiger partial charge in [-0.05, 0) is 43.3 Å². The maximum atomic E-state index is 12.3. The number of amides is 1. The minimum absolute atomic E-state index is 0.0180. The summed E-state index contributed by atoms with van der Waals surface area (Å²) in [5, 5.41) is 3.46. The second-order valence-corrected chi connectivity index (χ2v) is 8.37. The van der Waals surface area contributed by atoms with Crippen LogP contribution in [0.1, 0.15) is 36.0 Å². The topological polar surface area (TPSA) is 99.3 Å². The van der Waals surface area contributed by atoms with Crippen molar-refractivity contribution in [1.29, 1.82) is 0 Å². The molecular formula is C16H21ClN4O3S2. The molecule has 7 nitrogen and oxygen atoms in total. The Morgan fingerprint density at radius 2 is 2.00 bits per heavy atom. The van der Waals surface area contributed by atoms with Crippen molar-refractivity contribution in [3.8, 4) is 0 Å². The lowest BCUT2D eigenvalue weighted by molar-refractivity contribution is 0.0943. The lowest BCUT2D eigenvalue weighted by Crippen LogP contribution is -2.49. The summed E-state index contributed by atoms with van der Waals surface area (Å²) in [7, 11) is -3.85. The SMILES string of the molecule is C=CCNS(=O)(=O)c1cc(C(=O)NNC(=S)NC2CCCC2)ccc1Cl. The monoisotopic (exact) mass is 416 g/mol. The van der Waals surface area contributed by atoms with E-state index in [0.29, 0.717) is 11.2 Å². The summed E-state index contributed by atoms with van der Waals surface area (Å²) in [5.74, 6) is -0.530. The molecule has 0 aromatic heterocycles. The van der Waals surface area contributed by atoms with E-state index in [1.165, 1.54) is 24.3 Å². The first-order valence-electron chi connectivity index (χ1n) is 8.10. The Kier molecular flexibility index (Phi) is 7.39. The van der Waals surface area contributed by atoms with E-state index in [-0.39, 0.29) is 22.0 Å². The predicted molar refractivity (Wildman–Crippen MR) is 105 cm³/mol.